The van der Waals surface area contributed by atoms with Crippen LogP contribution in [0, 0.1) is 0 Å². The van der Waals surface area contributed by atoms with Crippen LogP contribution in [0.5, 0.6) is 5.75 Å². The molecule has 7 nitrogen and oxygen atoms in total. The third-order valence-electron chi connectivity index (χ3n) is 4.63. The monoisotopic (exact) mass is 363 g/mol. The van der Waals surface area contributed by atoms with Crippen LogP contribution in [-0.2, 0) is 9.59 Å². The van der Waals surface area contributed by atoms with E-state index in [0.717, 1.165) is 44.0 Å². The highest BCUT2D eigenvalue weighted by Crippen LogP contribution is 2.27. The van der Waals surface area contributed by atoms with Gasteiger partial charge in [-0.25, -0.2) is 0 Å². The van der Waals surface area contributed by atoms with Gasteiger partial charge in [0.05, 0.1) is 39.0 Å². The van der Waals surface area contributed by atoms with E-state index in [1.165, 1.54) is 4.90 Å². The number of ether oxygens (including phenoxy) is 1. The second kappa shape index (κ2) is 10.0. The van der Waals surface area contributed by atoms with Crippen LogP contribution in [0.3, 0.4) is 0 Å². The first-order valence-corrected chi connectivity index (χ1v) is 9.33. The molecule has 7 heteroatoms. The lowest BCUT2D eigenvalue weighted by Gasteiger charge is -2.34. The Morgan fingerprint density at radius 1 is 1.27 bits per heavy atom. The molecule has 0 aliphatic carbocycles. The summed E-state index contributed by atoms with van der Waals surface area (Å²) in [6.45, 7) is 8.24. The predicted molar refractivity (Wildman–Crippen MR) is 102 cm³/mol. The van der Waals surface area contributed by atoms with Gasteiger partial charge in [-0.05, 0) is 25.5 Å². The van der Waals surface area contributed by atoms with Gasteiger partial charge in [0.1, 0.15) is 11.8 Å². The smallest absolute Gasteiger partial charge is 0.275 e. The molecule has 2 amide bonds. The Balaban J connectivity index is 1.77. The number of carbonyl (C=O) groups is 2. The maximum Gasteiger partial charge on any atom is 0.275 e. The minimum Gasteiger partial charge on any atom is -0.495 e. The molecule has 3 N–H and O–H groups in total. The van der Waals surface area contributed by atoms with Crippen LogP contribution >= 0.6 is 0 Å². The van der Waals surface area contributed by atoms with Crippen molar-refractivity contribution in [2.24, 2.45) is 0 Å². The number of hydrogen-bond acceptors (Lipinski definition) is 4. The van der Waals surface area contributed by atoms with E-state index in [1.807, 2.05) is 25.1 Å². The van der Waals surface area contributed by atoms with Crippen molar-refractivity contribution in [1.82, 2.24) is 10.6 Å². The van der Waals surface area contributed by atoms with Crippen molar-refractivity contribution < 1.29 is 19.2 Å². The average Bonchev–Trinajstić information content (AvgIpc) is 2.66. The molecule has 1 heterocycles. The summed E-state index contributed by atoms with van der Waals surface area (Å²) < 4.78 is 5.43. The van der Waals surface area contributed by atoms with Crippen molar-refractivity contribution in [1.29, 1.82) is 0 Å². The Morgan fingerprint density at radius 3 is 2.62 bits per heavy atom. The largest absolute Gasteiger partial charge is 0.495 e. The van der Waals surface area contributed by atoms with Gasteiger partial charge >= 0.3 is 0 Å². The highest BCUT2D eigenvalue weighted by atomic mass is 16.5. The summed E-state index contributed by atoms with van der Waals surface area (Å²) in [5, 5.41) is 5.59. The Bertz CT molecular complexity index is 600. The Hall–Kier alpha value is -2.28. The van der Waals surface area contributed by atoms with Gasteiger partial charge in [-0.1, -0.05) is 19.1 Å². The standard InChI is InChI=1S/C19H30N4O3/c1-4-9-20-19(25)15(2)21-18(24)14-22-10-12-23(13-11-22)16-7-5-6-8-17(16)26-3/h5-8,15H,4,9-14H2,1-3H3,(H,20,25)(H,21,24)/p+1/t15-/m1/s1. The van der Waals surface area contributed by atoms with E-state index in [-0.39, 0.29) is 11.8 Å². The van der Waals surface area contributed by atoms with E-state index in [2.05, 4.69) is 21.6 Å². The molecule has 2 rings (SSSR count). The van der Waals surface area contributed by atoms with Crippen molar-refractivity contribution in [3.63, 3.8) is 0 Å². The van der Waals surface area contributed by atoms with Crippen molar-refractivity contribution in [2.75, 3.05) is 51.3 Å². The first-order chi connectivity index (χ1) is 12.5. The molecule has 1 atom stereocenters. The highest BCUT2D eigenvalue weighted by Gasteiger charge is 2.25. The lowest BCUT2D eigenvalue weighted by Crippen LogP contribution is -3.16. The van der Waals surface area contributed by atoms with Gasteiger partial charge in [0, 0.05) is 6.54 Å². The molecule has 0 aromatic heterocycles. The fourth-order valence-electron chi connectivity index (χ4n) is 3.12. The van der Waals surface area contributed by atoms with E-state index in [4.69, 9.17) is 4.74 Å². The molecule has 1 aromatic rings. The first-order valence-electron chi connectivity index (χ1n) is 9.33. The van der Waals surface area contributed by atoms with Gasteiger partial charge in [-0.2, -0.15) is 0 Å². The molecule has 0 unspecified atom stereocenters. The zero-order valence-electron chi connectivity index (χ0n) is 16.0. The Kier molecular flexibility index (Phi) is 7.72. The number of carbonyl (C=O) groups excluding carboxylic acids is 2. The zero-order chi connectivity index (χ0) is 18.9. The topological polar surface area (TPSA) is 75.1 Å². The quantitative estimate of drug-likeness (QED) is 0.578. The lowest BCUT2D eigenvalue weighted by atomic mass is 10.2. The molecular formula is C19H31N4O3+. The normalized spacial score (nSPS) is 16.0. The van der Waals surface area contributed by atoms with Crippen LogP contribution in [0.2, 0.25) is 0 Å². The molecule has 1 fully saturated rings. The summed E-state index contributed by atoms with van der Waals surface area (Å²) in [6.07, 6.45) is 0.882. The molecule has 1 saturated heterocycles. The summed E-state index contributed by atoms with van der Waals surface area (Å²) in [5.74, 6) is 0.668. The van der Waals surface area contributed by atoms with Gasteiger partial charge in [0.15, 0.2) is 6.54 Å². The SMILES string of the molecule is CCCNC(=O)[C@@H](C)NC(=O)C[NH+]1CCN(c2ccccc2OC)CC1. The fraction of sp³-hybridized carbons (Fsp3) is 0.579. The molecule has 1 aliphatic heterocycles. The van der Waals surface area contributed by atoms with Crippen LogP contribution < -0.4 is 25.2 Å². The summed E-state index contributed by atoms with van der Waals surface area (Å²) in [6, 6.07) is 7.50. The lowest BCUT2D eigenvalue weighted by molar-refractivity contribution is -0.892. The second-order valence-corrected chi connectivity index (χ2v) is 6.67. The van der Waals surface area contributed by atoms with Crippen molar-refractivity contribution in [3.05, 3.63) is 24.3 Å². The van der Waals surface area contributed by atoms with E-state index < -0.39 is 6.04 Å². The number of hydrogen-bond donors (Lipinski definition) is 3. The average molecular weight is 363 g/mol. The summed E-state index contributed by atoms with van der Waals surface area (Å²) in [5.41, 5.74) is 1.10. The number of methoxy groups -OCH3 is 1. The molecule has 1 aliphatic rings. The van der Waals surface area contributed by atoms with E-state index >= 15 is 0 Å². The number of piperazine rings is 1. The van der Waals surface area contributed by atoms with Crippen LogP contribution in [0.4, 0.5) is 5.69 Å². The molecule has 144 valence electrons. The van der Waals surface area contributed by atoms with Crippen LogP contribution in [0.25, 0.3) is 0 Å². The molecule has 0 radical (unpaired) electrons. The number of para-hydroxylation sites is 2. The number of rotatable bonds is 8. The number of quaternary nitrogens is 1. The molecular weight excluding hydrogens is 332 g/mol. The molecule has 0 bridgehead atoms. The maximum absolute atomic E-state index is 12.2. The van der Waals surface area contributed by atoms with E-state index in [9.17, 15) is 9.59 Å². The van der Waals surface area contributed by atoms with Crippen molar-refractivity contribution in [2.45, 2.75) is 26.3 Å². The highest BCUT2D eigenvalue weighted by molar-refractivity contribution is 5.87. The van der Waals surface area contributed by atoms with Gasteiger partial charge in [-0.15, -0.1) is 0 Å². The number of nitrogens with one attached hydrogen (secondary N) is 3. The van der Waals surface area contributed by atoms with Crippen LogP contribution in [0.1, 0.15) is 20.3 Å². The van der Waals surface area contributed by atoms with Gasteiger partial charge in [-0.3, -0.25) is 9.59 Å². The van der Waals surface area contributed by atoms with Crippen LogP contribution in [-0.4, -0.2) is 64.2 Å². The number of amides is 2. The summed E-state index contributed by atoms with van der Waals surface area (Å²) in [7, 11) is 1.68. The molecule has 0 spiro atoms. The molecule has 1 aromatic carbocycles. The molecule has 26 heavy (non-hydrogen) atoms. The van der Waals surface area contributed by atoms with Crippen LogP contribution in [0.15, 0.2) is 24.3 Å². The maximum atomic E-state index is 12.2. The minimum absolute atomic E-state index is 0.0788. The summed E-state index contributed by atoms with van der Waals surface area (Å²) in [4.78, 5) is 27.6. The first kappa shape index (κ1) is 20.0. The zero-order valence-corrected chi connectivity index (χ0v) is 16.0. The second-order valence-electron chi connectivity index (χ2n) is 6.67. The van der Waals surface area contributed by atoms with E-state index in [1.54, 1.807) is 14.0 Å². The molecule has 0 saturated carbocycles. The van der Waals surface area contributed by atoms with Gasteiger partial charge in [0.2, 0.25) is 5.91 Å². The van der Waals surface area contributed by atoms with E-state index in [0.29, 0.717) is 13.1 Å². The Morgan fingerprint density at radius 2 is 1.96 bits per heavy atom. The number of nitrogens with zero attached hydrogens (tertiary/aromatic N) is 1. The fourth-order valence-corrected chi connectivity index (χ4v) is 3.12. The summed E-state index contributed by atoms with van der Waals surface area (Å²) >= 11 is 0. The van der Waals surface area contributed by atoms with Crippen molar-refractivity contribution in [3.8, 4) is 5.75 Å². The predicted octanol–water partition coefficient (Wildman–Crippen LogP) is -0.569. The number of benzene rings is 1. The van der Waals surface area contributed by atoms with Gasteiger partial charge < -0.3 is 25.2 Å². The third-order valence-corrected chi connectivity index (χ3v) is 4.63. The third kappa shape index (κ3) is 5.62. The Labute approximate surface area is 155 Å². The minimum atomic E-state index is -0.497. The van der Waals surface area contributed by atoms with Crippen molar-refractivity contribution >= 4 is 17.5 Å². The van der Waals surface area contributed by atoms with Gasteiger partial charge in [0.25, 0.3) is 5.91 Å². The number of anilines is 1.